The van der Waals surface area contributed by atoms with E-state index in [0.717, 1.165) is 9.35 Å². The van der Waals surface area contributed by atoms with Crippen LogP contribution in [-0.4, -0.2) is 15.6 Å². The number of nitrogens with zero attached hydrogens (tertiary/aromatic N) is 1. The predicted molar refractivity (Wildman–Crippen MR) is 62.5 cm³/mol. The monoisotopic (exact) mass is 285 g/mol. The van der Waals surface area contributed by atoms with Crippen LogP contribution in [0, 0.1) is 0 Å². The Kier molecular flexibility index (Phi) is 2.93. The minimum absolute atomic E-state index is 0.301. The van der Waals surface area contributed by atoms with E-state index in [-0.39, 0.29) is 0 Å². The minimum atomic E-state index is -0.905. The molecule has 2 rings (SSSR count). The van der Waals surface area contributed by atoms with Gasteiger partial charge in [0, 0.05) is 15.5 Å². The van der Waals surface area contributed by atoms with Crippen LogP contribution in [-0.2, 0) is 6.54 Å². The maximum Gasteiger partial charge on any atom is 0.352 e. The normalized spacial score (nSPS) is 10.5. The molecular formula is C10H8BrNO2S. The molecule has 5 heteroatoms. The second-order valence-electron chi connectivity index (χ2n) is 3.06. The van der Waals surface area contributed by atoms with Gasteiger partial charge in [-0.05, 0) is 33.4 Å². The predicted octanol–water partition coefficient (Wildman–Crippen LogP) is 3.06. The van der Waals surface area contributed by atoms with Gasteiger partial charge in [-0.25, -0.2) is 4.79 Å². The van der Waals surface area contributed by atoms with E-state index in [4.69, 9.17) is 5.11 Å². The van der Waals surface area contributed by atoms with Crippen molar-refractivity contribution < 1.29 is 9.90 Å². The molecule has 1 N–H and O–H groups in total. The number of hydrogen-bond acceptors (Lipinski definition) is 2. The molecule has 3 nitrogen and oxygen atoms in total. The second kappa shape index (κ2) is 4.20. The summed E-state index contributed by atoms with van der Waals surface area (Å²) in [4.78, 5) is 12.1. The molecule has 2 aromatic heterocycles. The highest BCUT2D eigenvalue weighted by Crippen LogP contribution is 2.18. The standard InChI is InChI=1S/C10H8BrNO2S/c11-7-4-9(10(13)14)12(5-7)6-8-2-1-3-15-8/h1-5H,6H2,(H,13,14). The van der Waals surface area contributed by atoms with Crippen LogP contribution in [0.5, 0.6) is 0 Å². The topological polar surface area (TPSA) is 42.2 Å². The number of carbonyl (C=O) groups is 1. The van der Waals surface area contributed by atoms with Gasteiger partial charge < -0.3 is 9.67 Å². The van der Waals surface area contributed by atoms with Crippen LogP contribution in [0.4, 0.5) is 0 Å². The first-order valence-electron chi connectivity index (χ1n) is 4.28. The fourth-order valence-electron chi connectivity index (χ4n) is 1.36. The molecular weight excluding hydrogens is 278 g/mol. The van der Waals surface area contributed by atoms with Crippen molar-refractivity contribution in [2.24, 2.45) is 0 Å². The van der Waals surface area contributed by atoms with Gasteiger partial charge in [0.05, 0.1) is 6.54 Å². The van der Waals surface area contributed by atoms with Crippen molar-refractivity contribution in [2.45, 2.75) is 6.54 Å². The van der Waals surface area contributed by atoms with Gasteiger partial charge in [-0.1, -0.05) is 6.07 Å². The smallest absolute Gasteiger partial charge is 0.352 e. The maximum absolute atomic E-state index is 10.9. The summed E-state index contributed by atoms with van der Waals surface area (Å²) in [5, 5.41) is 10.9. The minimum Gasteiger partial charge on any atom is -0.477 e. The van der Waals surface area contributed by atoms with Gasteiger partial charge in [0.2, 0.25) is 0 Å². The first-order chi connectivity index (χ1) is 7.16. The summed E-state index contributed by atoms with van der Waals surface area (Å²) in [6.45, 7) is 0.602. The molecule has 0 saturated heterocycles. The summed E-state index contributed by atoms with van der Waals surface area (Å²) in [6.07, 6.45) is 1.78. The first kappa shape index (κ1) is 10.4. The molecule has 78 valence electrons. The zero-order valence-corrected chi connectivity index (χ0v) is 10.1. The summed E-state index contributed by atoms with van der Waals surface area (Å²) < 4.78 is 2.51. The van der Waals surface area contributed by atoms with Gasteiger partial charge in [-0.15, -0.1) is 11.3 Å². The SMILES string of the molecule is O=C(O)c1cc(Br)cn1Cc1cccs1. The second-order valence-corrected chi connectivity index (χ2v) is 5.00. The Morgan fingerprint density at radius 2 is 2.40 bits per heavy atom. The van der Waals surface area contributed by atoms with Crippen molar-refractivity contribution in [3.05, 3.63) is 44.8 Å². The largest absolute Gasteiger partial charge is 0.477 e. The molecule has 0 aromatic carbocycles. The fraction of sp³-hybridized carbons (Fsp3) is 0.100. The van der Waals surface area contributed by atoms with E-state index in [2.05, 4.69) is 15.9 Å². The highest BCUT2D eigenvalue weighted by molar-refractivity contribution is 9.10. The summed E-state index contributed by atoms with van der Waals surface area (Å²) in [7, 11) is 0. The number of thiophene rings is 1. The average Bonchev–Trinajstić information content (AvgIpc) is 2.75. The third-order valence-corrected chi connectivity index (χ3v) is 3.28. The van der Waals surface area contributed by atoms with E-state index < -0.39 is 5.97 Å². The Morgan fingerprint density at radius 3 is 3.00 bits per heavy atom. The Balaban J connectivity index is 2.31. The van der Waals surface area contributed by atoms with Gasteiger partial charge in [-0.2, -0.15) is 0 Å². The van der Waals surface area contributed by atoms with Crippen LogP contribution in [0.2, 0.25) is 0 Å². The molecule has 0 atom stereocenters. The average molecular weight is 286 g/mol. The Hall–Kier alpha value is -1.07. The highest BCUT2D eigenvalue weighted by Gasteiger charge is 2.11. The van der Waals surface area contributed by atoms with Crippen LogP contribution >= 0.6 is 27.3 Å². The van der Waals surface area contributed by atoms with E-state index in [1.807, 2.05) is 17.5 Å². The van der Waals surface area contributed by atoms with E-state index in [1.165, 1.54) is 0 Å². The lowest BCUT2D eigenvalue weighted by molar-refractivity contribution is 0.0686. The number of halogens is 1. The number of rotatable bonds is 3. The molecule has 15 heavy (non-hydrogen) atoms. The molecule has 0 bridgehead atoms. The number of carboxylic acid groups (broad SMARTS) is 1. The summed E-state index contributed by atoms with van der Waals surface area (Å²) >= 11 is 4.89. The summed E-state index contributed by atoms with van der Waals surface area (Å²) in [5.41, 5.74) is 0.301. The zero-order valence-electron chi connectivity index (χ0n) is 7.68. The number of aromatic carboxylic acids is 1. The summed E-state index contributed by atoms with van der Waals surface area (Å²) in [5.74, 6) is -0.905. The van der Waals surface area contributed by atoms with E-state index in [0.29, 0.717) is 12.2 Å². The Morgan fingerprint density at radius 1 is 1.60 bits per heavy atom. The van der Waals surface area contributed by atoms with Crippen LogP contribution < -0.4 is 0 Å². The summed E-state index contributed by atoms with van der Waals surface area (Å²) in [6, 6.07) is 5.55. The highest BCUT2D eigenvalue weighted by atomic mass is 79.9. The van der Waals surface area contributed by atoms with E-state index in [9.17, 15) is 4.79 Å². The molecule has 0 aliphatic carbocycles. The van der Waals surface area contributed by atoms with Gasteiger partial charge in [0.1, 0.15) is 5.69 Å². The number of hydrogen-bond donors (Lipinski definition) is 1. The first-order valence-corrected chi connectivity index (χ1v) is 5.95. The van der Waals surface area contributed by atoms with Crippen molar-refractivity contribution in [1.82, 2.24) is 4.57 Å². The van der Waals surface area contributed by atoms with Crippen molar-refractivity contribution >= 4 is 33.2 Å². The molecule has 2 aromatic rings. The van der Waals surface area contributed by atoms with Crippen LogP contribution in [0.1, 0.15) is 15.4 Å². The quantitative estimate of drug-likeness (QED) is 0.942. The third kappa shape index (κ3) is 2.30. The van der Waals surface area contributed by atoms with Gasteiger partial charge in [0.15, 0.2) is 0 Å². The molecule has 0 aliphatic rings. The molecule has 0 amide bonds. The van der Waals surface area contributed by atoms with Crippen molar-refractivity contribution in [2.75, 3.05) is 0 Å². The Labute approximate surface area is 99.1 Å². The van der Waals surface area contributed by atoms with E-state index in [1.54, 1.807) is 28.2 Å². The van der Waals surface area contributed by atoms with Crippen molar-refractivity contribution in [1.29, 1.82) is 0 Å². The Bertz CT molecular complexity index is 476. The van der Waals surface area contributed by atoms with Crippen molar-refractivity contribution in [3.63, 3.8) is 0 Å². The van der Waals surface area contributed by atoms with Crippen LogP contribution in [0.25, 0.3) is 0 Å². The maximum atomic E-state index is 10.9. The lowest BCUT2D eigenvalue weighted by Crippen LogP contribution is -2.07. The molecule has 0 fully saturated rings. The molecule has 0 saturated carbocycles. The van der Waals surface area contributed by atoms with Crippen LogP contribution in [0.3, 0.4) is 0 Å². The molecule has 0 radical (unpaired) electrons. The molecule has 0 spiro atoms. The third-order valence-electron chi connectivity index (χ3n) is 1.99. The van der Waals surface area contributed by atoms with Gasteiger partial charge in [0.25, 0.3) is 0 Å². The van der Waals surface area contributed by atoms with Gasteiger partial charge in [-0.3, -0.25) is 0 Å². The number of carboxylic acids is 1. The van der Waals surface area contributed by atoms with Crippen LogP contribution in [0.15, 0.2) is 34.2 Å². The van der Waals surface area contributed by atoms with Gasteiger partial charge >= 0.3 is 5.97 Å². The zero-order chi connectivity index (χ0) is 10.8. The lowest BCUT2D eigenvalue weighted by atomic mass is 10.4. The number of aromatic nitrogens is 1. The van der Waals surface area contributed by atoms with E-state index >= 15 is 0 Å². The fourth-order valence-corrected chi connectivity index (χ4v) is 2.52. The lowest BCUT2D eigenvalue weighted by Gasteiger charge is -2.03. The van der Waals surface area contributed by atoms with Crippen molar-refractivity contribution in [3.8, 4) is 0 Å². The molecule has 0 aliphatic heterocycles. The molecule has 2 heterocycles. The molecule has 0 unspecified atom stereocenters.